The molecule has 3 aromatic carbocycles. The molecular weight excluding hydrogens is 418 g/mol. The van der Waals surface area contributed by atoms with E-state index in [1.807, 2.05) is 6.07 Å². The van der Waals surface area contributed by atoms with Crippen LogP contribution in [0.4, 0.5) is 0 Å². The predicted molar refractivity (Wildman–Crippen MR) is 116 cm³/mol. The number of aliphatic imine (C=N–C) groups is 1. The van der Waals surface area contributed by atoms with Crippen LogP contribution in [0.5, 0.6) is 11.5 Å². The zero-order valence-electron chi connectivity index (χ0n) is 16.4. The number of benzene rings is 3. The Morgan fingerprint density at radius 3 is 2.48 bits per heavy atom. The molecule has 0 saturated carbocycles. The van der Waals surface area contributed by atoms with Crippen LogP contribution in [0.2, 0.25) is 5.02 Å². The van der Waals surface area contributed by atoms with Gasteiger partial charge in [-0.1, -0.05) is 48.0 Å². The third kappa shape index (κ3) is 4.49. The van der Waals surface area contributed by atoms with Crippen LogP contribution in [0.1, 0.15) is 21.5 Å². The van der Waals surface area contributed by atoms with E-state index in [-0.39, 0.29) is 17.3 Å². The van der Waals surface area contributed by atoms with Gasteiger partial charge in [-0.05, 0) is 48.0 Å². The Morgan fingerprint density at radius 2 is 1.74 bits per heavy atom. The number of hydrogen-bond acceptors (Lipinski definition) is 6. The number of hydrogen-bond donors (Lipinski definition) is 0. The van der Waals surface area contributed by atoms with Gasteiger partial charge in [-0.3, -0.25) is 0 Å². The van der Waals surface area contributed by atoms with E-state index in [0.717, 1.165) is 0 Å². The van der Waals surface area contributed by atoms with E-state index in [2.05, 4.69) is 4.99 Å². The van der Waals surface area contributed by atoms with Crippen LogP contribution in [-0.2, 0) is 9.53 Å². The van der Waals surface area contributed by atoms with Gasteiger partial charge in [0.15, 0.2) is 17.2 Å². The first kappa shape index (κ1) is 20.4. The molecule has 0 unspecified atom stereocenters. The lowest BCUT2D eigenvalue weighted by Crippen LogP contribution is -2.09. The second-order valence-electron chi connectivity index (χ2n) is 6.48. The number of methoxy groups -OCH3 is 1. The molecule has 0 atom stereocenters. The van der Waals surface area contributed by atoms with Crippen LogP contribution in [-0.4, -0.2) is 24.9 Å². The van der Waals surface area contributed by atoms with Crippen molar-refractivity contribution in [1.82, 2.24) is 0 Å². The summed E-state index contributed by atoms with van der Waals surface area (Å²) in [7, 11) is 1.46. The van der Waals surface area contributed by atoms with Gasteiger partial charge in [0.05, 0.1) is 23.3 Å². The van der Waals surface area contributed by atoms with Gasteiger partial charge in [0.2, 0.25) is 5.90 Å². The molecule has 6 nitrogen and oxygen atoms in total. The molecule has 1 heterocycles. The van der Waals surface area contributed by atoms with Crippen LogP contribution >= 0.6 is 11.6 Å². The molecule has 1 aliphatic rings. The molecule has 0 radical (unpaired) electrons. The number of cyclic esters (lactones) is 1. The Hall–Kier alpha value is -3.90. The molecule has 0 aliphatic carbocycles. The summed E-state index contributed by atoms with van der Waals surface area (Å²) in [5.41, 5.74) is 1.69. The number of ether oxygens (including phenoxy) is 3. The monoisotopic (exact) mass is 433 g/mol. The highest BCUT2D eigenvalue weighted by Crippen LogP contribution is 2.31. The quantitative estimate of drug-likeness (QED) is 0.324. The molecule has 4 rings (SSSR count). The first-order chi connectivity index (χ1) is 15.0. The van der Waals surface area contributed by atoms with E-state index in [1.54, 1.807) is 72.8 Å². The lowest BCUT2D eigenvalue weighted by Gasteiger charge is -2.10. The third-order valence-corrected chi connectivity index (χ3v) is 4.76. The lowest BCUT2D eigenvalue weighted by molar-refractivity contribution is -0.129. The fraction of sp³-hybridized carbons (Fsp3) is 0.0417. The molecule has 0 fully saturated rings. The highest BCUT2D eigenvalue weighted by molar-refractivity contribution is 6.34. The average molecular weight is 434 g/mol. The maximum Gasteiger partial charge on any atom is 0.363 e. The van der Waals surface area contributed by atoms with Gasteiger partial charge in [0.1, 0.15) is 0 Å². The Balaban J connectivity index is 1.59. The van der Waals surface area contributed by atoms with Crippen molar-refractivity contribution in [2.24, 2.45) is 4.99 Å². The minimum absolute atomic E-state index is 0.117. The van der Waals surface area contributed by atoms with E-state index in [1.165, 1.54) is 7.11 Å². The van der Waals surface area contributed by atoms with E-state index >= 15 is 0 Å². The standard InChI is InChI=1S/C24H16ClNO5/c1-29-21-14-15(11-12-20(21)30-23(27)16-7-3-2-4-8-16)13-19-24(28)31-22(26-19)17-9-5-6-10-18(17)25/h2-14H,1H3/b19-13-. The Kier molecular flexibility index (Phi) is 5.82. The van der Waals surface area contributed by atoms with Gasteiger partial charge in [-0.25, -0.2) is 14.6 Å². The Morgan fingerprint density at radius 1 is 1.00 bits per heavy atom. The third-order valence-electron chi connectivity index (χ3n) is 4.43. The van der Waals surface area contributed by atoms with Crippen LogP contribution in [0.15, 0.2) is 83.5 Å². The molecule has 0 N–H and O–H groups in total. The van der Waals surface area contributed by atoms with Crippen LogP contribution in [0.3, 0.4) is 0 Å². The number of halogens is 1. The molecule has 0 bridgehead atoms. The molecule has 0 aromatic heterocycles. The fourth-order valence-corrected chi connectivity index (χ4v) is 3.12. The van der Waals surface area contributed by atoms with Gasteiger partial charge >= 0.3 is 11.9 Å². The van der Waals surface area contributed by atoms with Crippen LogP contribution in [0.25, 0.3) is 6.08 Å². The smallest absolute Gasteiger partial charge is 0.363 e. The minimum atomic E-state index is -0.589. The average Bonchev–Trinajstić information content (AvgIpc) is 3.15. The number of carbonyl (C=O) groups is 2. The van der Waals surface area contributed by atoms with E-state index in [4.69, 9.17) is 25.8 Å². The maximum absolute atomic E-state index is 12.3. The van der Waals surface area contributed by atoms with Crippen molar-refractivity contribution in [1.29, 1.82) is 0 Å². The van der Waals surface area contributed by atoms with E-state index in [9.17, 15) is 9.59 Å². The molecule has 154 valence electrons. The van der Waals surface area contributed by atoms with Gasteiger partial charge in [-0.2, -0.15) is 0 Å². The van der Waals surface area contributed by atoms with E-state index < -0.39 is 11.9 Å². The van der Waals surface area contributed by atoms with E-state index in [0.29, 0.717) is 27.5 Å². The summed E-state index contributed by atoms with van der Waals surface area (Å²) in [5.74, 6) is -0.359. The van der Waals surface area contributed by atoms with Gasteiger partial charge in [0, 0.05) is 0 Å². The summed E-state index contributed by atoms with van der Waals surface area (Å²) in [6.45, 7) is 0. The minimum Gasteiger partial charge on any atom is -0.493 e. The van der Waals surface area contributed by atoms with Crippen molar-refractivity contribution in [2.75, 3.05) is 7.11 Å². The van der Waals surface area contributed by atoms with Gasteiger partial charge < -0.3 is 14.2 Å². The molecule has 0 saturated heterocycles. The zero-order chi connectivity index (χ0) is 21.8. The first-order valence-electron chi connectivity index (χ1n) is 9.28. The summed E-state index contributed by atoms with van der Waals surface area (Å²) in [6, 6.07) is 20.5. The van der Waals surface area contributed by atoms with Crippen molar-refractivity contribution in [2.45, 2.75) is 0 Å². The number of nitrogens with zero attached hydrogens (tertiary/aromatic N) is 1. The molecule has 31 heavy (non-hydrogen) atoms. The predicted octanol–water partition coefficient (Wildman–Crippen LogP) is 4.91. The Labute approximate surface area is 183 Å². The normalized spacial score (nSPS) is 14.2. The molecule has 7 heteroatoms. The van der Waals surface area contributed by atoms with Crippen LogP contribution < -0.4 is 9.47 Å². The van der Waals surface area contributed by atoms with Gasteiger partial charge in [-0.15, -0.1) is 0 Å². The molecule has 1 aliphatic heterocycles. The topological polar surface area (TPSA) is 74.2 Å². The first-order valence-corrected chi connectivity index (χ1v) is 9.65. The lowest BCUT2D eigenvalue weighted by atomic mass is 10.1. The number of rotatable bonds is 5. The van der Waals surface area contributed by atoms with Crippen molar-refractivity contribution >= 4 is 35.5 Å². The SMILES string of the molecule is COc1cc(/C=C2\N=C(c3ccccc3Cl)OC2=O)ccc1OC(=O)c1ccccc1. The maximum atomic E-state index is 12.3. The second kappa shape index (κ2) is 8.85. The highest BCUT2D eigenvalue weighted by atomic mass is 35.5. The highest BCUT2D eigenvalue weighted by Gasteiger charge is 2.25. The molecule has 0 spiro atoms. The summed E-state index contributed by atoms with van der Waals surface area (Å²) < 4.78 is 16.0. The summed E-state index contributed by atoms with van der Waals surface area (Å²) in [6.07, 6.45) is 1.55. The zero-order valence-corrected chi connectivity index (χ0v) is 17.1. The van der Waals surface area contributed by atoms with Gasteiger partial charge in [0.25, 0.3) is 0 Å². The second-order valence-corrected chi connectivity index (χ2v) is 6.89. The van der Waals surface area contributed by atoms with Crippen molar-refractivity contribution < 1.29 is 23.8 Å². The van der Waals surface area contributed by atoms with Crippen molar-refractivity contribution in [3.05, 3.63) is 100 Å². The molecule has 0 amide bonds. The Bertz CT molecular complexity index is 1220. The van der Waals surface area contributed by atoms with Crippen molar-refractivity contribution in [3.63, 3.8) is 0 Å². The summed E-state index contributed by atoms with van der Waals surface area (Å²) in [5, 5.41) is 0.432. The summed E-state index contributed by atoms with van der Waals surface area (Å²) in [4.78, 5) is 28.8. The van der Waals surface area contributed by atoms with Crippen LogP contribution in [0, 0.1) is 0 Å². The fourth-order valence-electron chi connectivity index (χ4n) is 2.91. The summed E-state index contributed by atoms with van der Waals surface area (Å²) >= 11 is 6.15. The molecular formula is C24H16ClNO5. The number of esters is 2. The number of carbonyl (C=O) groups excluding carboxylic acids is 2. The largest absolute Gasteiger partial charge is 0.493 e. The van der Waals surface area contributed by atoms with Crippen molar-refractivity contribution in [3.8, 4) is 11.5 Å². The molecule has 3 aromatic rings.